The van der Waals surface area contributed by atoms with Gasteiger partial charge in [0.1, 0.15) is 5.82 Å². The number of halogens is 2. The molecule has 19 heavy (non-hydrogen) atoms. The minimum atomic E-state index is -3.45. The Morgan fingerprint density at radius 2 is 2.16 bits per heavy atom. The van der Waals surface area contributed by atoms with Crippen molar-refractivity contribution in [2.24, 2.45) is 0 Å². The summed E-state index contributed by atoms with van der Waals surface area (Å²) >= 11 is 5.67. The molecule has 1 aromatic rings. The number of carbonyl (C=O) groups is 1. The van der Waals surface area contributed by atoms with Crippen LogP contribution in [0, 0.1) is 5.82 Å². The molecule has 1 aromatic carbocycles. The normalized spacial score (nSPS) is 17.5. The molecular weight excluding hydrogens is 297 g/mol. The Balaban J connectivity index is 2.54. The largest absolute Gasteiger partial charge is 0.465 e. The van der Waals surface area contributed by atoms with E-state index < -0.39 is 21.8 Å². The molecule has 104 valence electrons. The van der Waals surface area contributed by atoms with E-state index in [-0.39, 0.29) is 28.6 Å². The van der Waals surface area contributed by atoms with Crippen molar-refractivity contribution in [3.8, 4) is 0 Å². The number of rotatable bonds is 2. The van der Waals surface area contributed by atoms with Crippen LogP contribution >= 0.6 is 11.6 Å². The Morgan fingerprint density at radius 3 is 2.68 bits per heavy atom. The van der Waals surface area contributed by atoms with E-state index in [0.717, 1.165) is 17.5 Å². The number of carbonyl (C=O) groups excluding carboxylic acids is 1. The summed E-state index contributed by atoms with van der Waals surface area (Å²) in [5.74, 6) is -1.67. The van der Waals surface area contributed by atoms with Crippen LogP contribution in [0.15, 0.2) is 12.1 Å². The van der Waals surface area contributed by atoms with Crippen LogP contribution in [0.25, 0.3) is 0 Å². The predicted molar refractivity (Wildman–Crippen MR) is 68.5 cm³/mol. The summed E-state index contributed by atoms with van der Waals surface area (Å²) in [5.41, 5.74) is -0.110. The lowest BCUT2D eigenvalue weighted by atomic mass is 10.2. The highest BCUT2D eigenvalue weighted by Crippen LogP contribution is 2.30. The molecule has 0 N–H and O–H groups in total. The van der Waals surface area contributed by atoms with Gasteiger partial charge in [0.25, 0.3) is 0 Å². The van der Waals surface area contributed by atoms with E-state index in [1.54, 1.807) is 0 Å². The molecule has 0 radical (unpaired) electrons. The molecule has 1 heterocycles. The fraction of sp³-hybridized carbons (Fsp3) is 0.364. The molecule has 5 nitrogen and oxygen atoms in total. The molecule has 0 saturated carbocycles. The number of nitrogens with zero attached hydrogens (tertiary/aromatic N) is 1. The second kappa shape index (κ2) is 4.97. The van der Waals surface area contributed by atoms with Gasteiger partial charge in [0, 0.05) is 6.54 Å². The highest BCUT2D eigenvalue weighted by molar-refractivity contribution is 7.93. The summed E-state index contributed by atoms with van der Waals surface area (Å²) < 4.78 is 42.8. The number of hydrogen-bond acceptors (Lipinski definition) is 4. The van der Waals surface area contributed by atoms with Gasteiger partial charge in [0.2, 0.25) is 10.0 Å². The lowest BCUT2D eigenvalue weighted by Gasteiger charge is -2.18. The first-order chi connectivity index (χ1) is 8.86. The van der Waals surface area contributed by atoms with Crippen molar-refractivity contribution in [3.63, 3.8) is 0 Å². The lowest BCUT2D eigenvalue weighted by Crippen LogP contribution is -2.25. The second-order valence-corrected chi connectivity index (χ2v) is 6.41. The van der Waals surface area contributed by atoms with Gasteiger partial charge in [-0.15, -0.1) is 0 Å². The fourth-order valence-electron chi connectivity index (χ4n) is 1.91. The quantitative estimate of drug-likeness (QED) is 0.782. The summed E-state index contributed by atoms with van der Waals surface area (Å²) in [6, 6.07) is 2.22. The van der Waals surface area contributed by atoms with Crippen LogP contribution in [0.3, 0.4) is 0 Å². The highest BCUT2D eigenvalue weighted by Gasteiger charge is 2.30. The molecule has 0 spiro atoms. The van der Waals surface area contributed by atoms with Crippen LogP contribution < -0.4 is 4.31 Å². The molecule has 0 bridgehead atoms. The Kier molecular flexibility index (Phi) is 3.69. The predicted octanol–water partition coefficient (Wildman–Crippen LogP) is 1.81. The topological polar surface area (TPSA) is 63.7 Å². The maximum atomic E-state index is 13.7. The van der Waals surface area contributed by atoms with Gasteiger partial charge in [-0.25, -0.2) is 17.6 Å². The van der Waals surface area contributed by atoms with E-state index in [0.29, 0.717) is 6.42 Å². The number of esters is 1. The molecule has 2 rings (SSSR count). The van der Waals surface area contributed by atoms with Crippen LogP contribution in [-0.2, 0) is 14.8 Å². The third-order valence-corrected chi connectivity index (χ3v) is 5.06. The van der Waals surface area contributed by atoms with E-state index >= 15 is 0 Å². The first-order valence-electron chi connectivity index (χ1n) is 5.44. The Hall–Kier alpha value is -1.34. The highest BCUT2D eigenvalue weighted by atomic mass is 35.5. The zero-order chi connectivity index (χ0) is 14.2. The Labute approximate surface area is 115 Å². The Morgan fingerprint density at radius 1 is 1.47 bits per heavy atom. The summed E-state index contributed by atoms with van der Waals surface area (Å²) in [6.07, 6.45) is 0.458. The molecular formula is C11H11ClFNO4S. The Bertz CT molecular complexity index is 632. The van der Waals surface area contributed by atoms with Gasteiger partial charge in [0.15, 0.2) is 0 Å². The minimum absolute atomic E-state index is 0.00476. The number of hydrogen-bond donors (Lipinski definition) is 0. The third kappa shape index (κ3) is 2.52. The van der Waals surface area contributed by atoms with Gasteiger partial charge < -0.3 is 4.74 Å². The summed E-state index contributed by atoms with van der Waals surface area (Å²) in [7, 11) is -2.31. The van der Waals surface area contributed by atoms with Crippen molar-refractivity contribution in [2.75, 3.05) is 23.7 Å². The van der Waals surface area contributed by atoms with E-state index in [1.807, 2.05) is 0 Å². The van der Waals surface area contributed by atoms with Crippen molar-refractivity contribution < 1.29 is 22.3 Å². The molecule has 1 aliphatic heterocycles. The van der Waals surface area contributed by atoms with Crippen LogP contribution in [0.1, 0.15) is 16.8 Å². The maximum Gasteiger partial charge on any atom is 0.339 e. The summed E-state index contributed by atoms with van der Waals surface area (Å²) in [4.78, 5) is 11.5. The van der Waals surface area contributed by atoms with Crippen molar-refractivity contribution in [1.82, 2.24) is 0 Å². The molecule has 1 aliphatic rings. The SMILES string of the molecule is COC(=O)c1cc(N2CCCS2(=O)=O)cc(F)c1Cl. The average Bonchev–Trinajstić information content (AvgIpc) is 2.71. The van der Waals surface area contributed by atoms with E-state index in [4.69, 9.17) is 11.6 Å². The maximum absolute atomic E-state index is 13.7. The number of ether oxygens (including phenoxy) is 1. The number of sulfonamides is 1. The van der Waals surface area contributed by atoms with Crippen molar-refractivity contribution >= 4 is 33.3 Å². The average molecular weight is 308 g/mol. The zero-order valence-corrected chi connectivity index (χ0v) is 11.6. The first kappa shape index (κ1) is 14.1. The lowest BCUT2D eigenvalue weighted by molar-refractivity contribution is 0.0600. The third-order valence-electron chi connectivity index (χ3n) is 2.81. The summed E-state index contributed by atoms with van der Waals surface area (Å²) in [5, 5.41) is -0.382. The molecule has 0 atom stereocenters. The monoisotopic (exact) mass is 307 g/mol. The smallest absolute Gasteiger partial charge is 0.339 e. The van der Waals surface area contributed by atoms with Gasteiger partial charge in [0.05, 0.1) is 29.1 Å². The standard InChI is InChI=1S/C11H11ClFNO4S/c1-18-11(15)8-5-7(6-9(13)10(8)12)14-3-2-4-19(14,16)17/h5-6H,2-4H2,1H3. The fourth-order valence-corrected chi connectivity index (χ4v) is 3.64. The molecule has 0 unspecified atom stereocenters. The second-order valence-electron chi connectivity index (χ2n) is 4.02. The van der Waals surface area contributed by atoms with Gasteiger partial charge in [-0.2, -0.15) is 0 Å². The van der Waals surface area contributed by atoms with Crippen LogP contribution in [0.4, 0.5) is 10.1 Å². The van der Waals surface area contributed by atoms with Gasteiger partial charge in [-0.1, -0.05) is 11.6 Å². The number of benzene rings is 1. The van der Waals surface area contributed by atoms with E-state index in [1.165, 1.54) is 6.07 Å². The van der Waals surface area contributed by atoms with E-state index in [9.17, 15) is 17.6 Å². The van der Waals surface area contributed by atoms with E-state index in [2.05, 4.69) is 4.74 Å². The molecule has 0 aliphatic carbocycles. The molecule has 1 saturated heterocycles. The van der Waals surface area contributed by atoms with Gasteiger partial charge >= 0.3 is 5.97 Å². The molecule has 1 fully saturated rings. The zero-order valence-electron chi connectivity index (χ0n) is 10.0. The minimum Gasteiger partial charge on any atom is -0.465 e. The van der Waals surface area contributed by atoms with Gasteiger partial charge in [-0.05, 0) is 18.6 Å². The van der Waals surface area contributed by atoms with Crippen molar-refractivity contribution in [2.45, 2.75) is 6.42 Å². The van der Waals surface area contributed by atoms with Crippen molar-refractivity contribution in [1.29, 1.82) is 0 Å². The van der Waals surface area contributed by atoms with Crippen molar-refractivity contribution in [3.05, 3.63) is 28.5 Å². The number of anilines is 1. The number of methoxy groups -OCH3 is 1. The summed E-state index contributed by atoms with van der Waals surface area (Å²) in [6.45, 7) is 0.254. The molecule has 0 amide bonds. The first-order valence-corrected chi connectivity index (χ1v) is 7.43. The van der Waals surface area contributed by atoms with Crippen LogP contribution in [-0.4, -0.2) is 33.8 Å². The molecule has 0 aromatic heterocycles. The molecule has 8 heteroatoms. The van der Waals surface area contributed by atoms with Gasteiger partial charge in [-0.3, -0.25) is 4.31 Å². The van der Waals surface area contributed by atoms with Crippen LogP contribution in [0.2, 0.25) is 5.02 Å². The van der Waals surface area contributed by atoms with Crippen LogP contribution in [0.5, 0.6) is 0 Å².